The predicted octanol–water partition coefficient (Wildman–Crippen LogP) is 2.95. The van der Waals surface area contributed by atoms with Crippen LogP contribution in [0.3, 0.4) is 0 Å². The number of rotatable bonds is 13. The van der Waals surface area contributed by atoms with E-state index in [1.165, 1.54) is 4.90 Å². The van der Waals surface area contributed by atoms with E-state index in [0.29, 0.717) is 25.0 Å². The Labute approximate surface area is 248 Å². The Balaban J connectivity index is 1.82. The average Bonchev–Trinajstić information content (AvgIpc) is 3.48. The second-order valence-corrected chi connectivity index (χ2v) is 12.9. The minimum atomic E-state index is -1.08. The molecule has 3 aliphatic rings. The van der Waals surface area contributed by atoms with Crippen LogP contribution < -0.4 is 16.0 Å². The number of amides is 4. The molecular weight excluding hydrogens is 540 g/mol. The Hall–Kier alpha value is -3.24. The van der Waals surface area contributed by atoms with Gasteiger partial charge < -0.3 is 25.6 Å². The molecular formula is C31H48N4O7. The third kappa shape index (κ3) is 8.88. The predicted molar refractivity (Wildman–Crippen MR) is 156 cm³/mol. The molecule has 3 rings (SSSR count). The van der Waals surface area contributed by atoms with Crippen LogP contribution in [-0.2, 0) is 28.7 Å². The molecule has 0 spiro atoms. The number of carbonyl (C=O) groups excluding carboxylic acids is 6. The molecule has 11 heteroatoms. The van der Waals surface area contributed by atoms with Gasteiger partial charge in [0.2, 0.25) is 17.6 Å². The summed E-state index contributed by atoms with van der Waals surface area (Å²) in [6.45, 7) is 10.8. The van der Waals surface area contributed by atoms with Gasteiger partial charge in [-0.05, 0) is 90.6 Å². The number of carbonyl (C=O) groups is 6. The summed E-state index contributed by atoms with van der Waals surface area (Å²) in [4.78, 5) is 80.1. The van der Waals surface area contributed by atoms with Crippen molar-refractivity contribution in [3.8, 4) is 0 Å². The van der Waals surface area contributed by atoms with Crippen LogP contribution in [0.15, 0.2) is 11.6 Å². The van der Waals surface area contributed by atoms with Gasteiger partial charge in [-0.3, -0.25) is 24.0 Å². The molecule has 0 bridgehead atoms. The van der Waals surface area contributed by atoms with Crippen molar-refractivity contribution in [2.45, 2.75) is 129 Å². The second kappa shape index (κ2) is 14.3. The lowest BCUT2D eigenvalue weighted by Gasteiger charge is -2.32. The zero-order valence-corrected chi connectivity index (χ0v) is 25.9. The van der Waals surface area contributed by atoms with E-state index in [1.54, 1.807) is 40.7 Å². The lowest BCUT2D eigenvalue weighted by Crippen LogP contribution is -2.57. The highest BCUT2D eigenvalue weighted by Gasteiger charge is 2.51. The first-order valence-corrected chi connectivity index (χ1v) is 15.4. The number of ether oxygens (including phenoxy) is 1. The molecule has 2 saturated carbocycles. The molecule has 5 atom stereocenters. The smallest absolute Gasteiger partial charge is 0.408 e. The van der Waals surface area contributed by atoms with Gasteiger partial charge in [0.05, 0.1) is 6.04 Å². The Morgan fingerprint density at radius 3 is 2.26 bits per heavy atom. The molecule has 2 aliphatic carbocycles. The highest BCUT2D eigenvalue weighted by atomic mass is 16.6. The number of fused-ring (bicyclic) bond motifs is 1. The number of allylic oxidation sites excluding steroid dienone is 2. The molecule has 11 nitrogen and oxygen atoms in total. The largest absolute Gasteiger partial charge is 0.444 e. The molecule has 1 aliphatic heterocycles. The topological polar surface area (TPSA) is 151 Å². The van der Waals surface area contributed by atoms with Crippen LogP contribution in [-0.4, -0.2) is 76.6 Å². The minimum Gasteiger partial charge on any atom is -0.444 e. The number of alkyl carbamates (subject to hydrolysis) is 1. The maximum absolute atomic E-state index is 14.0. The van der Waals surface area contributed by atoms with Gasteiger partial charge in [0, 0.05) is 19.0 Å². The van der Waals surface area contributed by atoms with Crippen molar-refractivity contribution in [1.82, 2.24) is 20.9 Å². The van der Waals surface area contributed by atoms with Crippen LogP contribution in [0.5, 0.6) is 0 Å². The van der Waals surface area contributed by atoms with Gasteiger partial charge in [-0.15, -0.1) is 0 Å². The summed E-state index contributed by atoms with van der Waals surface area (Å²) in [5.41, 5.74) is -0.238. The van der Waals surface area contributed by atoms with Crippen LogP contribution in [0.2, 0.25) is 0 Å². The van der Waals surface area contributed by atoms with Gasteiger partial charge >= 0.3 is 6.09 Å². The van der Waals surface area contributed by atoms with Crippen LogP contribution in [0.1, 0.15) is 99.3 Å². The minimum absolute atomic E-state index is 0.0134. The summed E-state index contributed by atoms with van der Waals surface area (Å²) >= 11 is 0. The molecule has 0 aromatic carbocycles. The summed E-state index contributed by atoms with van der Waals surface area (Å²) < 4.78 is 5.39. The first kappa shape index (κ1) is 33.3. The standard InChI is InChI=1S/C31H48N4O7/c1-7-10-22(26(37)28(39)32-20-13-14-20)33-27(38)25-21-12-9-11-19(21)17-35(25)29(40)23(15-16-24(36)18(3)8-2)34-30(41)42-31(4,5)6/h8,19-23,25H,7,9-17H2,1-6H3,(H,32,39)(H,33,38)(H,34,41)/b18-8+/t19-,21-,22-,23-,25-/m0/s1. The Morgan fingerprint density at radius 2 is 1.67 bits per heavy atom. The quantitative estimate of drug-likeness (QED) is 0.221. The van der Waals surface area contributed by atoms with Crippen molar-refractivity contribution in [1.29, 1.82) is 0 Å². The summed E-state index contributed by atoms with van der Waals surface area (Å²) in [5.74, 6) is -2.45. The van der Waals surface area contributed by atoms with Gasteiger partial charge in [-0.2, -0.15) is 0 Å². The van der Waals surface area contributed by atoms with Gasteiger partial charge in [-0.25, -0.2) is 4.79 Å². The number of hydrogen-bond acceptors (Lipinski definition) is 7. The SMILES string of the molecule is C/C=C(\C)C(=O)CC[C@H](NC(=O)OC(C)(C)C)C(=O)N1C[C@@H]2CCC[C@@H]2[C@H]1C(=O)N[C@@H](CCC)C(=O)C(=O)NC1CC1. The molecule has 4 amide bonds. The van der Waals surface area contributed by atoms with Crippen LogP contribution >= 0.6 is 0 Å². The average molecular weight is 589 g/mol. The summed E-state index contributed by atoms with van der Waals surface area (Å²) in [5, 5.41) is 8.14. The Kier molecular flexibility index (Phi) is 11.3. The number of Topliss-reactive ketones (excluding diaryl/α,β-unsaturated/α-hetero) is 2. The summed E-state index contributed by atoms with van der Waals surface area (Å²) in [7, 11) is 0. The zero-order chi connectivity index (χ0) is 31.2. The summed E-state index contributed by atoms with van der Waals surface area (Å²) in [6.07, 6.45) is 6.08. The van der Waals surface area contributed by atoms with E-state index in [9.17, 15) is 28.8 Å². The van der Waals surface area contributed by atoms with Gasteiger partial charge in [0.25, 0.3) is 5.91 Å². The Bertz CT molecular complexity index is 1090. The molecule has 0 aromatic heterocycles. The molecule has 42 heavy (non-hydrogen) atoms. The monoisotopic (exact) mass is 588 g/mol. The van der Waals surface area contributed by atoms with Crippen LogP contribution in [0.4, 0.5) is 4.79 Å². The van der Waals surface area contributed by atoms with E-state index >= 15 is 0 Å². The molecule has 234 valence electrons. The van der Waals surface area contributed by atoms with Crippen molar-refractivity contribution in [3.63, 3.8) is 0 Å². The molecule has 3 fully saturated rings. The maximum atomic E-state index is 14.0. The first-order valence-electron chi connectivity index (χ1n) is 15.4. The van der Waals surface area contributed by atoms with Gasteiger partial charge in [0.15, 0.2) is 5.78 Å². The molecule has 1 heterocycles. The number of hydrogen-bond donors (Lipinski definition) is 3. The maximum Gasteiger partial charge on any atom is 0.408 e. The fraction of sp³-hybridized carbons (Fsp3) is 0.742. The lowest BCUT2D eigenvalue weighted by molar-refractivity contribution is -0.143. The van der Waals surface area contributed by atoms with Crippen molar-refractivity contribution in [2.24, 2.45) is 11.8 Å². The van der Waals surface area contributed by atoms with Crippen LogP contribution in [0.25, 0.3) is 0 Å². The lowest BCUT2D eigenvalue weighted by atomic mass is 9.92. The molecule has 0 radical (unpaired) electrons. The van der Waals surface area contributed by atoms with E-state index in [0.717, 1.165) is 32.1 Å². The van der Waals surface area contributed by atoms with E-state index in [4.69, 9.17) is 4.74 Å². The van der Waals surface area contributed by atoms with Crippen molar-refractivity contribution in [3.05, 3.63) is 11.6 Å². The Morgan fingerprint density at radius 1 is 0.976 bits per heavy atom. The number of ketones is 2. The van der Waals surface area contributed by atoms with Crippen molar-refractivity contribution in [2.75, 3.05) is 6.54 Å². The van der Waals surface area contributed by atoms with E-state index in [-0.39, 0.29) is 36.5 Å². The van der Waals surface area contributed by atoms with Gasteiger partial charge in [-0.1, -0.05) is 25.8 Å². The normalized spacial score (nSPS) is 23.4. The van der Waals surface area contributed by atoms with Crippen LogP contribution in [0, 0.1) is 11.8 Å². The van der Waals surface area contributed by atoms with E-state index < -0.39 is 53.3 Å². The summed E-state index contributed by atoms with van der Waals surface area (Å²) in [6, 6.07) is -2.91. The van der Waals surface area contributed by atoms with Gasteiger partial charge in [0.1, 0.15) is 17.7 Å². The molecule has 0 unspecified atom stereocenters. The van der Waals surface area contributed by atoms with Crippen molar-refractivity contribution >= 4 is 35.4 Å². The fourth-order valence-corrected chi connectivity index (χ4v) is 5.87. The first-order chi connectivity index (χ1) is 19.7. The molecule has 0 aromatic rings. The van der Waals surface area contributed by atoms with E-state index in [1.807, 2.05) is 6.92 Å². The molecule has 3 N–H and O–H groups in total. The third-order valence-electron chi connectivity index (χ3n) is 8.31. The highest BCUT2D eigenvalue weighted by molar-refractivity contribution is 6.38. The number of nitrogens with one attached hydrogen (secondary N) is 3. The molecule has 1 saturated heterocycles. The third-order valence-corrected chi connectivity index (χ3v) is 8.31. The number of likely N-dealkylation sites (tertiary alicyclic amines) is 1. The zero-order valence-electron chi connectivity index (χ0n) is 25.9. The number of nitrogens with zero attached hydrogens (tertiary/aromatic N) is 1. The van der Waals surface area contributed by atoms with Crippen molar-refractivity contribution < 1.29 is 33.5 Å². The fourth-order valence-electron chi connectivity index (χ4n) is 5.87. The van der Waals surface area contributed by atoms with E-state index in [2.05, 4.69) is 16.0 Å². The highest BCUT2D eigenvalue weighted by Crippen LogP contribution is 2.42. The second-order valence-electron chi connectivity index (χ2n) is 12.9.